The molecule has 1 aromatic carbocycles. The lowest BCUT2D eigenvalue weighted by atomic mass is 10.1. The SMILES string of the molecule is Cc1ccc(-n2cc(CNC(=O)CN)nn2)cc1C. The Bertz CT molecular complexity index is 590. The van der Waals surface area contributed by atoms with Crippen LogP contribution in [0.4, 0.5) is 0 Å². The predicted molar refractivity (Wildman–Crippen MR) is 71.7 cm³/mol. The third-order valence-electron chi connectivity index (χ3n) is 2.95. The van der Waals surface area contributed by atoms with E-state index in [2.05, 4.69) is 29.5 Å². The molecule has 0 saturated heterocycles. The molecule has 2 aromatic rings. The summed E-state index contributed by atoms with van der Waals surface area (Å²) in [7, 11) is 0. The normalized spacial score (nSPS) is 10.5. The summed E-state index contributed by atoms with van der Waals surface area (Å²) in [5.74, 6) is -0.208. The highest BCUT2D eigenvalue weighted by Gasteiger charge is 2.05. The summed E-state index contributed by atoms with van der Waals surface area (Å²) in [6.07, 6.45) is 1.79. The van der Waals surface area contributed by atoms with Crippen LogP contribution >= 0.6 is 0 Å². The van der Waals surface area contributed by atoms with Gasteiger partial charge < -0.3 is 11.1 Å². The van der Waals surface area contributed by atoms with Crippen molar-refractivity contribution in [3.05, 3.63) is 41.2 Å². The molecule has 0 aliphatic carbocycles. The summed E-state index contributed by atoms with van der Waals surface area (Å²) < 4.78 is 1.69. The zero-order chi connectivity index (χ0) is 13.8. The Morgan fingerprint density at radius 2 is 2.16 bits per heavy atom. The molecule has 6 heteroatoms. The number of carbonyl (C=O) groups excluding carboxylic acids is 1. The third kappa shape index (κ3) is 3.17. The molecule has 100 valence electrons. The Morgan fingerprint density at radius 1 is 1.37 bits per heavy atom. The molecule has 0 fully saturated rings. The van der Waals surface area contributed by atoms with Gasteiger partial charge in [0.15, 0.2) is 0 Å². The van der Waals surface area contributed by atoms with Crippen LogP contribution in [-0.4, -0.2) is 27.4 Å². The van der Waals surface area contributed by atoms with Crippen molar-refractivity contribution in [2.24, 2.45) is 5.73 Å². The number of nitrogens with two attached hydrogens (primary N) is 1. The van der Waals surface area contributed by atoms with E-state index in [0.29, 0.717) is 12.2 Å². The van der Waals surface area contributed by atoms with Crippen LogP contribution in [0.1, 0.15) is 16.8 Å². The molecule has 0 aliphatic rings. The Kier molecular flexibility index (Phi) is 3.91. The standard InChI is InChI=1S/C13H17N5O/c1-9-3-4-12(5-10(9)2)18-8-11(16-17-18)7-15-13(19)6-14/h3-5,8H,6-7,14H2,1-2H3,(H,15,19). The monoisotopic (exact) mass is 259 g/mol. The van der Waals surface area contributed by atoms with Gasteiger partial charge in [0.05, 0.1) is 25.0 Å². The molecule has 1 heterocycles. The van der Waals surface area contributed by atoms with Gasteiger partial charge in [0.25, 0.3) is 0 Å². The Balaban J connectivity index is 2.12. The molecule has 0 atom stereocenters. The van der Waals surface area contributed by atoms with E-state index in [1.807, 2.05) is 18.2 Å². The molecule has 1 amide bonds. The molecule has 0 unspecified atom stereocenters. The van der Waals surface area contributed by atoms with E-state index in [-0.39, 0.29) is 12.5 Å². The van der Waals surface area contributed by atoms with Gasteiger partial charge in [-0.3, -0.25) is 4.79 Å². The molecule has 0 aliphatic heterocycles. The minimum Gasteiger partial charge on any atom is -0.349 e. The first kappa shape index (κ1) is 13.2. The third-order valence-corrected chi connectivity index (χ3v) is 2.95. The van der Waals surface area contributed by atoms with Crippen LogP contribution in [0.15, 0.2) is 24.4 Å². The van der Waals surface area contributed by atoms with Crippen LogP contribution in [0.3, 0.4) is 0 Å². The van der Waals surface area contributed by atoms with Crippen LogP contribution in [0.25, 0.3) is 5.69 Å². The summed E-state index contributed by atoms with van der Waals surface area (Å²) >= 11 is 0. The second-order valence-corrected chi connectivity index (χ2v) is 4.40. The number of aromatic nitrogens is 3. The lowest BCUT2D eigenvalue weighted by Crippen LogP contribution is -2.29. The van der Waals surface area contributed by atoms with Crippen molar-refractivity contribution in [2.75, 3.05) is 6.54 Å². The maximum Gasteiger partial charge on any atom is 0.234 e. The molecule has 0 bridgehead atoms. The topological polar surface area (TPSA) is 85.8 Å². The molecule has 0 spiro atoms. The van der Waals surface area contributed by atoms with Crippen molar-refractivity contribution in [2.45, 2.75) is 20.4 Å². The minimum atomic E-state index is -0.208. The number of hydrogen-bond donors (Lipinski definition) is 2. The summed E-state index contributed by atoms with van der Waals surface area (Å²) in [6, 6.07) is 6.08. The molecule has 3 N–H and O–H groups in total. The predicted octanol–water partition coefficient (Wildman–Crippen LogP) is 0.459. The molecule has 0 radical (unpaired) electrons. The Labute approximate surface area is 111 Å². The molecule has 1 aromatic heterocycles. The van der Waals surface area contributed by atoms with Gasteiger partial charge in [-0.05, 0) is 37.1 Å². The fourth-order valence-corrected chi connectivity index (χ4v) is 1.64. The fraction of sp³-hybridized carbons (Fsp3) is 0.308. The summed E-state index contributed by atoms with van der Waals surface area (Å²) in [5.41, 5.74) is 9.29. The Morgan fingerprint density at radius 3 is 2.84 bits per heavy atom. The van der Waals surface area contributed by atoms with E-state index in [1.54, 1.807) is 10.9 Å². The number of nitrogens with one attached hydrogen (secondary N) is 1. The van der Waals surface area contributed by atoms with Gasteiger partial charge in [0, 0.05) is 0 Å². The van der Waals surface area contributed by atoms with Crippen molar-refractivity contribution in [3.8, 4) is 5.69 Å². The fourth-order valence-electron chi connectivity index (χ4n) is 1.64. The molecular formula is C13H17N5O. The van der Waals surface area contributed by atoms with E-state index in [1.165, 1.54) is 11.1 Å². The van der Waals surface area contributed by atoms with Crippen molar-refractivity contribution in [1.29, 1.82) is 0 Å². The van der Waals surface area contributed by atoms with Gasteiger partial charge in [0.1, 0.15) is 5.69 Å². The van der Waals surface area contributed by atoms with Crippen LogP contribution in [0.5, 0.6) is 0 Å². The first-order valence-electron chi connectivity index (χ1n) is 6.06. The zero-order valence-corrected chi connectivity index (χ0v) is 11.1. The van der Waals surface area contributed by atoms with Crippen molar-refractivity contribution >= 4 is 5.91 Å². The number of amides is 1. The zero-order valence-electron chi connectivity index (χ0n) is 11.1. The second-order valence-electron chi connectivity index (χ2n) is 4.40. The number of nitrogens with zero attached hydrogens (tertiary/aromatic N) is 3. The average molecular weight is 259 g/mol. The van der Waals surface area contributed by atoms with Crippen molar-refractivity contribution < 1.29 is 4.79 Å². The van der Waals surface area contributed by atoms with Crippen LogP contribution in [-0.2, 0) is 11.3 Å². The van der Waals surface area contributed by atoms with E-state index in [0.717, 1.165) is 5.69 Å². The molecule has 0 saturated carbocycles. The van der Waals surface area contributed by atoms with Crippen LogP contribution in [0.2, 0.25) is 0 Å². The Hall–Kier alpha value is -2.21. The molecule has 6 nitrogen and oxygen atoms in total. The molecular weight excluding hydrogens is 242 g/mol. The van der Waals surface area contributed by atoms with Crippen molar-refractivity contribution in [3.63, 3.8) is 0 Å². The average Bonchev–Trinajstić information content (AvgIpc) is 2.88. The summed E-state index contributed by atoms with van der Waals surface area (Å²) in [5, 5.41) is 10.7. The lowest BCUT2D eigenvalue weighted by Gasteiger charge is -2.04. The molecule has 2 rings (SSSR count). The summed E-state index contributed by atoms with van der Waals surface area (Å²) in [6.45, 7) is 4.43. The first-order chi connectivity index (χ1) is 9.10. The first-order valence-corrected chi connectivity index (χ1v) is 6.06. The van der Waals surface area contributed by atoms with Gasteiger partial charge in [-0.25, -0.2) is 4.68 Å². The largest absolute Gasteiger partial charge is 0.349 e. The minimum absolute atomic E-state index is 0.0225. The number of rotatable bonds is 4. The number of benzene rings is 1. The van der Waals surface area contributed by atoms with Gasteiger partial charge in [-0.15, -0.1) is 5.10 Å². The van der Waals surface area contributed by atoms with E-state index < -0.39 is 0 Å². The van der Waals surface area contributed by atoms with E-state index >= 15 is 0 Å². The van der Waals surface area contributed by atoms with Gasteiger partial charge in [-0.1, -0.05) is 11.3 Å². The highest BCUT2D eigenvalue weighted by Crippen LogP contribution is 2.13. The smallest absolute Gasteiger partial charge is 0.234 e. The van der Waals surface area contributed by atoms with Gasteiger partial charge in [-0.2, -0.15) is 0 Å². The number of hydrogen-bond acceptors (Lipinski definition) is 4. The van der Waals surface area contributed by atoms with Crippen LogP contribution < -0.4 is 11.1 Å². The molecule has 19 heavy (non-hydrogen) atoms. The highest BCUT2D eigenvalue weighted by atomic mass is 16.1. The quantitative estimate of drug-likeness (QED) is 0.835. The van der Waals surface area contributed by atoms with Crippen molar-refractivity contribution in [1.82, 2.24) is 20.3 Å². The lowest BCUT2D eigenvalue weighted by molar-refractivity contribution is -0.119. The maximum absolute atomic E-state index is 11.1. The van der Waals surface area contributed by atoms with E-state index in [9.17, 15) is 4.79 Å². The summed E-state index contributed by atoms with van der Waals surface area (Å²) in [4.78, 5) is 11.1. The number of carbonyl (C=O) groups is 1. The highest BCUT2D eigenvalue weighted by molar-refractivity contribution is 5.77. The van der Waals surface area contributed by atoms with Crippen LogP contribution in [0, 0.1) is 13.8 Å². The van der Waals surface area contributed by atoms with Gasteiger partial charge >= 0.3 is 0 Å². The maximum atomic E-state index is 11.1. The van der Waals surface area contributed by atoms with E-state index in [4.69, 9.17) is 5.73 Å². The second kappa shape index (κ2) is 5.62. The number of aryl methyl sites for hydroxylation is 2. The van der Waals surface area contributed by atoms with Gasteiger partial charge in [0.2, 0.25) is 5.91 Å².